The number of hydrogen-bond acceptors (Lipinski definition) is 5. The molecular formula is C8H10O5. The molecule has 0 aliphatic heterocycles. The van der Waals surface area contributed by atoms with Crippen LogP contribution in [0, 0.1) is 0 Å². The van der Waals surface area contributed by atoms with Gasteiger partial charge in [0.2, 0.25) is 0 Å². The fraction of sp³-hybridized carbons (Fsp3) is 0.500. The van der Waals surface area contributed by atoms with Crippen molar-refractivity contribution in [1.29, 1.82) is 0 Å². The van der Waals surface area contributed by atoms with Crippen LogP contribution in [-0.4, -0.2) is 41.3 Å². The SMILES string of the molecule is COC(=O)C1=CC(=O)C(O)C(O)C1. The van der Waals surface area contributed by atoms with Gasteiger partial charge in [-0.25, -0.2) is 4.79 Å². The first-order valence-electron chi connectivity index (χ1n) is 3.75. The molecule has 0 saturated carbocycles. The van der Waals surface area contributed by atoms with Gasteiger partial charge in [-0.1, -0.05) is 0 Å². The van der Waals surface area contributed by atoms with E-state index in [1.54, 1.807) is 0 Å². The molecule has 0 fully saturated rings. The summed E-state index contributed by atoms with van der Waals surface area (Å²) in [4.78, 5) is 21.9. The Hall–Kier alpha value is -1.20. The second kappa shape index (κ2) is 3.68. The predicted molar refractivity (Wildman–Crippen MR) is 41.7 cm³/mol. The lowest BCUT2D eigenvalue weighted by Gasteiger charge is -2.20. The van der Waals surface area contributed by atoms with Crippen LogP contribution in [0.5, 0.6) is 0 Å². The monoisotopic (exact) mass is 186 g/mol. The molecule has 1 aliphatic carbocycles. The van der Waals surface area contributed by atoms with Gasteiger partial charge >= 0.3 is 5.97 Å². The zero-order valence-corrected chi connectivity index (χ0v) is 7.06. The Kier molecular flexibility index (Phi) is 2.79. The number of aliphatic hydroxyl groups excluding tert-OH is 2. The number of methoxy groups -OCH3 is 1. The lowest BCUT2D eigenvalue weighted by atomic mass is 9.93. The minimum absolute atomic E-state index is 0.0560. The Morgan fingerprint density at radius 3 is 2.69 bits per heavy atom. The van der Waals surface area contributed by atoms with Crippen molar-refractivity contribution >= 4 is 11.8 Å². The van der Waals surface area contributed by atoms with Crippen molar-refractivity contribution in [2.45, 2.75) is 18.6 Å². The van der Waals surface area contributed by atoms with Gasteiger partial charge in [0, 0.05) is 12.0 Å². The molecule has 2 N–H and O–H groups in total. The molecule has 0 spiro atoms. The van der Waals surface area contributed by atoms with Crippen molar-refractivity contribution in [1.82, 2.24) is 0 Å². The topological polar surface area (TPSA) is 83.8 Å². The number of carbonyl (C=O) groups excluding carboxylic acids is 2. The summed E-state index contributed by atoms with van der Waals surface area (Å²) in [7, 11) is 1.19. The molecule has 1 rings (SSSR count). The average molecular weight is 186 g/mol. The molecule has 5 nitrogen and oxygen atoms in total. The standard InChI is InChI=1S/C8H10O5/c1-13-8(12)4-2-5(9)7(11)6(10)3-4/h2,6-7,10-11H,3H2,1H3. The van der Waals surface area contributed by atoms with Gasteiger partial charge in [0.15, 0.2) is 5.78 Å². The van der Waals surface area contributed by atoms with E-state index in [1.807, 2.05) is 0 Å². The summed E-state index contributed by atoms with van der Waals surface area (Å²) < 4.78 is 4.37. The van der Waals surface area contributed by atoms with Crippen LogP contribution in [0.1, 0.15) is 6.42 Å². The van der Waals surface area contributed by atoms with Crippen LogP contribution < -0.4 is 0 Å². The van der Waals surface area contributed by atoms with Gasteiger partial charge in [-0.15, -0.1) is 0 Å². The molecule has 0 aromatic carbocycles. The summed E-state index contributed by atoms with van der Waals surface area (Å²) in [6.45, 7) is 0. The molecule has 0 heterocycles. The third kappa shape index (κ3) is 1.93. The molecule has 5 heteroatoms. The molecule has 0 bridgehead atoms. The van der Waals surface area contributed by atoms with E-state index in [9.17, 15) is 9.59 Å². The Bertz CT molecular complexity index is 268. The molecule has 2 unspecified atom stereocenters. The fourth-order valence-corrected chi connectivity index (χ4v) is 1.12. The third-order valence-electron chi connectivity index (χ3n) is 1.85. The molecule has 72 valence electrons. The van der Waals surface area contributed by atoms with Gasteiger partial charge in [-0.3, -0.25) is 4.79 Å². The Morgan fingerprint density at radius 2 is 2.23 bits per heavy atom. The van der Waals surface area contributed by atoms with Crippen LogP contribution in [0.4, 0.5) is 0 Å². The van der Waals surface area contributed by atoms with Crippen molar-refractivity contribution in [2.75, 3.05) is 7.11 Å². The van der Waals surface area contributed by atoms with E-state index in [2.05, 4.69) is 4.74 Å². The molecule has 1 aliphatic rings. The third-order valence-corrected chi connectivity index (χ3v) is 1.85. The Balaban J connectivity index is 2.85. The van der Waals surface area contributed by atoms with Crippen molar-refractivity contribution in [2.24, 2.45) is 0 Å². The van der Waals surface area contributed by atoms with E-state index in [4.69, 9.17) is 10.2 Å². The van der Waals surface area contributed by atoms with Gasteiger partial charge in [0.05, 0.1) is 13.2 Å². The largest absolute Gasteiger partial charge is 0.466 e. The van der Waals surface area contributed by atoms with Crippen molar-refractivity contribution < 1.29 is 24.5 Å². The summed E-state index contributed by atoms with van der Waals surface area (Å²) in [6, 6.07) is 0. The van der Waals surface area contributed by atoms with Crippen molar-refractivity contribution in [3.63, 3.8) is 0 Å². The van der Waals surface area contributed by atoms with Gasteiger partial charge in [-0.2, -0.15) is 0 Å². The zero-order chi connectivity index (χ0) is 10.0. The molecule has 0 aromatic rings. The Labute approximate surface area is 74.6 Å². The molecule has 0 radical (unpaired) electrons. The fourth-order valence-electron chi connectivity index (χ4n) is 1.12. The first-order valence-corrected chi connectivity index (χ1v) is 3.75. The lowest BCUT2D eigenvalue weighted by molar-refractivity contribution is -0.139. The van der Waals surface area contributed by atoms with E-state index in [1.165, 1.54) is 7.11 Å². The molecule has 0 amide bonds. The first kappa shape index (κ1) is 9.88. The molecule has 0 aromatic heterocycles. The summed E-state index contributed by atoms with van der Waals surface area (Å²) in [5.41, 5.74) is 0.0882. The smallest absolute Gasteiger partial charge is 0.333 e. The van der Waals surface area contributed by atoms with Crippen molar-refractivity contribution in [3.8, 4) is 0 Å². The average Bonchev–Trinajstić information content (AvgIpc) is 2.12. The maximum absolute atomic E-state index is 10.9. The van der Waals surface area contributed by atoms with E-state index in [0.29, 0.717) is 0 Å². The highest BCUT2D eigenvalue weighted by atomic mass is 16.5. The maximum Gasteiger partial charge on any atom is 0.333 e. The number of hydrogen-bond donors (Lipinski definition) is 2. The number of ether oxygens (including phenoxy) is 1. The summed E-state index contributed by atoms with van der Waals surface area (Å²) in [5, 5.41) is 18.2. The predicted octanol–water partition coefficient (Wildman–Crippen LogP) is -1.22. The van der Waals surface area contributed by atoms with Gasteiger partial charge in [0.25, 0.3) is 0 Å². The second-order valence-electron chi connectivity index (χ2n) is 2.78. The number of rotatable bonds is 1. The number of carbonyl (C=O) groups is 2. The van der Waals surface area contributed by atoms with E-state index in [0.717, 1.165) is 6.08 Å². The normalized spacial score (nSPS) is 28.2. The van der Waals surface area contributed by atoms with E-state index < -0.39 is 24.0 Å². The highest BCUT2D eigenvalue weighted by Crippen LogP contribution is 2.17. The highest BCUT2D eigenvalue weighted by Gasteiger charge is 2.31. The second-order valence-corrected chi connectivity index (χ2v) is 2.78. The molecule has 2 atom stereocenters. The van der Waals surface area contributed by atoms with Crippen LogP contribution in [0.25, 0.3) is 0 Å². The summed E-state index contributed by atoms with van der Waals surface area (Å²) in [6.07, 6.45) is -1.69. The van der Waals surface area contributed by atoms with E-state index in [-0.39, 0.29) is 12.0 Å². The van der Waals surface area contributed by atoms with Crippen LogP contribution in [0.15, 0.2) is 11.6 Å². The van der Waals surface area contributed by atoms with Crippen molar-refractivity contribution in [3.05, 3.63) is 11.6 Å². The van der Waals surface area contributed by atoms with Crippen LogP contribution in [0.2, 0.25) is 0 Å². The summed E-state index contributed by atoms with van der Waals surface area (Å²) in [5.74, 6) is -1.32. The summed E-state index contributed by atoms with van der Waals surface area (Å²) >= 11 is 0. The van der Waals surface area contributed by atoms with Crippen LogP contribution in [-0.2, 0) is 14.3 Å². The van der Waals surface area contributed by atoms with Crippen LogP contribution >= 0.6 is 0 Å². The molecule has 13 heavy (non-hydrogen) atoms. The van der Waals surface area contributed by atoms with Gasteiger partial charge in [-0.05, 0) is 6.08 Å². The number of ketones is 1. The lowest BCUT2D eigenvalue weighted by Crippen LogP contribution is -2.37. The highest BCUT2D eigenvalue weighted by molar-refractivity contribution is 6.03. The van der Waals surface area contributed by atoms with Gasteiger partial charge in [0.1, 0.15) is 6.10 Å². The number of aliphatic hydroxyl groups is 2. The van der Waals surface area contributed by atoms with Crippen LogP contribution in [0.3, 0.4) is 0 Å². The minimum atomic E-state index is -1.42. The van der Waals surface area contributed by atoms with Gasteiger partial charge < -0.3 is 14.9 Å². The Morgan fingerprint density at radius 1 is 1.62 bits per heavy atom. The van der Waals surface area contributed by atoms with E-state index >= 15 is 0 Å². The maximum atomic E-state index is 10.9. The molecule has 0 saturated heterocycles. The number of esters is 1. The molecular weight excluding hydrogens is 176 g/mol. The quantitative estimate of drug-likeness (QED) is 0.501. The minimum Gasteiger partial charge on any atom is -0.466 e. The zero-order valence-electron chi connectivity index (χ0n) is 7.06. The first-order chi connectivity index (χ1) is 6.06.